The van der Waals surface area contributed by atoms with Gasteiger partial charge in [-0.05, 0) is 74.0 Å². The number of nitrogens with zero attached hydrogens (tertiary/aromatic N) is 6. The molecule has 10 heteroatoms. The van der Waals surface area contributed by atoms with Gasteiger partial charge in [0.25, 0.3) is 0 Å². The Morgan fingerprint density at radius 1 is 1.13 bits per heavy atom. The van der Waals surface area contributed by atoms with E-state index in [-0.39, 0.29) is 18.4 Å². The number of nitriles is 1. The second kappa shape index (κ2) is 12.8. The standard InChI is InChI=1S/C36H37ClN6O3/c1-3-31(44)43-18-17-42(21-24(43)14-15-38)35-33-30(39-36(40-35)46-22-25-10-6-16-41(25)2)20-28(27-12-7-19-45-34(27)33)26-11-4-8-23-9-5-13-29(37)32(23)26/h3-5,8-9,11,13,20,24-25H,1,6-7,10,12,14,16-19,21-22H2,2H3/t24-,25-/m0/s1. The quantitative estimate of drug-likeness (QED) is 0.227. The number of anilines is 1. The van der Waals surface area contributed by atoms with E-state index in [9.17, 15) is 10.1 Å². The number of rotatable bonds is 7. The number of aromatic nitrogens is 2. The molecule has 7 rings (SSSR count). The lowest BCUT2D eigenvalue weighted by Gasteiger charge is -2.41. The van der Waals surface area contributed by atoms with E-state index >= 15 is 0 Å². The van der Waals surface area contributed by atoms with Gasteiger partial charge in [-0.1, -0.05) is 48.5 Å². The molecular formula is C36H37ClN6O3. The number of likely N-dealkylation sites (tertiary alicyclic amines) is 1. The van der Waals surface area contributed by atoms with Crippen LogP contribution in [0.3, 0.4) is 0 Å². The lowest BCUT2D eigenvalue weighted by Crippen LogP contribution is -2.55. The number of hydrogen-bond donors (Lipinski definition) is 0. The number of fused-ring (bicyclic) bond motifs is 4. The first-order chi connectivity index (χ1) is 22.5. The summed E-state index contributed by atoms with van der Waals surface area (Å²) in [5.41, 5.74) is 3.90. The Hall–Kier alpha value is -4.39. The van der Waals surface area contributed by atoms with Gasteiger partial charge in [-0.2, -0.15) is 15.2 Å². The molecule has 0 radical (unpaired) electrons. The van der Waals surface area contributed by atoms with Crippen molar-refractivity contribution in [3.63, 3.8) is 0 Å². The highest BCUT2D eigenvalue weighted by atomic mass is 35.5. The maximum absolute atomic E-state index is 12.7. The number of carbonyl (C=O) groups excluding carboxylic acids is 1. The fourth-order valence-corrected chi connectivity index (χ4v) is 7.53. The summed E-state index contributed by atoms with van der Waals surface area (Å²) >= 11 is 6.82. The Balaban J connectivity index is 1.40. The van der Waals surface area contributed by atoms with E-state index in [1.54, 1.807) is 4.90 Å². The molecule has 3 aromatic carbocycles. The van der Waals surface area contributed by atoms with Crippen LogP contribution in [0.4, 0.5) is 5.82 Å². The molecule has 1 aromatic heterocycles. The van der Waals surface area contributed by atoms with E-state index in [1.165, 1.54) is 6.08 Å². The first kappa shape index (κ1) is 30.3. The van der Waals surface area contributed by atoms with Gasteiger partial charge in [0.2, 0.25) is 5.91 Å². The smallest absolute Gasteiger partial charge is 0.319 e. The Morgan fingerprint density at radius 2 is 1.98 bits per heavy atom. The number of halogens is 1. The van der Waals surface area contributed by atoms with Crippen molar-refractivity contribution in [2.24, 2.45) is 0 Å². The normalized spacial score (nSPS) is 19.9. The van der Waals surface area contributed by atoms with Gasteiger partial charge in [0, 0.05) is 41.6 Å². The molecule has 0 aliphatic carbocycles. The molecule has 0 spiro atoms. The molecular weight excluding hydrogens is 600 g/mol. The van der Waals surface area contributed by atoms with Gasteiger partial charge >= 0.3 is 6.01 Å². The summed E-state index contributed by atoms with van der Waals surface area (Å²) in [5, 5.41) is 13.2. The molecule has 46 heavy (non-hydrogen) atoms. The molecule has 0 unspecified atom stereocenters. The maximum Gasteiger partial charge on any atom is 0.319 e. The van der Waals surface area contributed by atoms with Crippen LogP contribution in [0.15, 0.2) is 55.1 Å². The molecule has 3 aliphatic heterocycles. The number of carbonyl (C=O) groups is 1. The number of benzene rings is 3. The van der Waals surface area contributed by atoms with Crippen molar-refractivity contribution >= 4 is 45.0 Å². The van der Waals surface area contributed by atoms with Crippen LogP contribution in [0.25, 0.3) is 32.8 Å². The predicted molar refractivity (Wildman–Crippen MR) is 181 cm³/mol. The van der Waals surface area contributed by atoms with Crippen LogP contribution in [0.5, 0.6) is 11.8 Å². The van der Waals surface area contributed by atoms with Crippen LogP contribution in [0.1, 0.15) is 31.2 Å². The summed E-state index contributed by atoms with van der Waals surface area (Å²) in [6.07, 6.45) is 5.46. The molecule has 4 aromatic rings. The maximum atomic E-state index is 12.7. The zero-order chi connectivity index (χ0) is 31.8. The van der Waals surface area contributed by atoms with E-state index < -0.39 is 0 Å². The number of amides is 1. The molecule has 4 heterocycles. The average molecular weight is 637 g/mol. The van der Waals surface area contributed by atoms with Crippen molar-refractivity contribution in [2.75, 3.05) is 51.3 Å². The Labute approximate surface area is 274 Å². The average Bonchev–Trinajstić information content (AvgIpc) is 3.50. The zero-order valence-corrected chi connectivity index (χ0v) is 26.8. The summed E-state index contributed by atoms with van der Waals surface area (Å²) < 4.78 is 12.8. The molecule has 1 amide bonds. The third kappa shape index (κ3) is 5.50. The van der Waals surface area contributed by atoms with Crippen molar-refractivity contribution in [3.05, 3.63) is 65.7 Å². The molecule has 0 N–H and O–H groups in total. The summed E-state index contributed by atoms with van der Waals surface area (Å²) in [6, 6.07) is 16.9. The van der Waals surface area contributed by atoms with E-state index in [1.807, 2.05) is 12.1 Å². The fraction of sp³-hybridized carbons (Fsp3) is 0.389. The van der Waals surface area contributed by atoms with Crippen molar-refractivity contribution in [1.82, 2.24) is 19.8 Å². The fourth-order valence-electron chi connectivity index (χ4n) is 7.24. The first-order valence-electron chi connectivity index (χ1n) is 16.0. The molecule has 0 bridgehead atoms. The highest BCUT2D eigenvalue weighted by molar-refractivity contribution is 6.36. The summed E-state index contributed by atoms with van der Waals surface area (Å²) in [7, 11) is 2.12. The monoisotopic (exact) mass is 636 g/mol. The largest absolute Gasteiger partial charge is 0.492 e. The van der Waals surface area contributed by atoms with Gasteiger partial charge in [0.1, 0.15) is 18.2 Å². The van der Waals surface area contributed by atoms with Crippen LogP contribution >= 0.6 is 11.6 Å². The number of ether oxygens (including phenoxy) is 2. The second-order valence-electron chi connectivity index (χ2n) is 12.3. The summed E-state index contributed by atoms with van der Waals surface area (Å²) in [6.45, 7) is 7.23. The number of piperazine rings is 1. The predicted octanol–water partition coefficient (Wildman–Crippen LogP) is 6.02. The van der Waals surface area contributed by atoms with Crippen LogP contribution in [-0.2, 0) is 11.2 Å². The third-order valence-corrected chi connectivity index (χ3v) is 9.92. The van der Waals surface area contributed by atoms with Gasteiger partial charge in [-0.3, -0.25) is 4.79 Å². The van der Waals surface area contributed by atoms with E-state index in [4.69, 9.17) is 31.0 Å². The van der Waals surface area contributed by atoms with Crippen molar-refractivity contribution < 1.29 is 14.3 Å². The van der Waals surface area contributed by atoms with E-state index in [2.05, 4.69) is 59.8 Å². The third-order valence-electron chi connectivity index (χ3n) is 9.61. The first-order valence-corrected chi connectivity index (χ1v) is 16.4. The minimum absolute atomic E-state index is 0.170. The van der Waals surface area contributed by atoms with Gasteiger partial charge in [0.05, 0.1) is 36.0 Å². The SMILES string of the molecule is C=CC(=O)N1CCN(c2nc(OC[C@@H]3CCCN3C)nc3cc(-c4cccc5cccc(Cl)c45)c4c(c23)OCCC4)C[C@@H]1CC#N. The minimum atomic E-state index is -0.306. The van der Waals surface area contributed by atoms with Gasteiger partial charge < -0.3 is 24.2 Å². The van der Waals surface area contributed by atoms with Crippen LogP contribution in [-0.4, -0.2) is 84.2 Å². The Morgan fingerprint density at radius 3 is 2.76 bits per heavy atom. The molecule has 0 saturated carbocycles. The minimum Gasteiger partial charge on any atom is -0.492 e. The number of hydrogen-bond acceptors (Lipinski definition) is 8. The summed E-state index contributed by atoms with van der Waals surface area (Å²) in [5.74, 6) is 1.31. The van der Waals surface area contributed by atoms with E-state index in [0.717, 1.165) is 76.3 Å². The van der Waals surface area contributed by atoms with Crippen LogP contribution in [0, 0.1) is 11.3 Å². The molecule has 9 nitrogen and oxygen atoms in total. The molecule has 2 atom stereocenters. The van der Waals surface area contributed by atoms with E-state index in [0.29, 0.717) is 55.7 Å². The van der Waals surface area contributed by atoms with Crippen molar-refractivity contribution in [1.29, 1.82) is 5.26 Å². The van der Waals surface area contributed by atoms with Crippen molar-refractivity contribution in [3.8, 4) is 29.0 Å². The highest BCUT2D eigenvalue weighted by Crippen LogP contribution is 2.46. The second-order valence-corrected chi connectivity index (χ2v) is 12.7. The van der Waals surface area contributed by atoms with Crippen LogP contribution in [0.2, 0.25) is 5.02 Å². The summed E-state index contributed by atoms with van der Waals surface area (Å²) in [4.78, 5) is 28.9. The lowest BCUT2D eigenvalue weighted by atomic mass is 9.89. The van der Waals surface area contributed by atoms with Gasteiger partial charge in [0.15, 0.2) is 0 Å². The lowest BCUT2D eigenvalue weighted by molar-refractivity contribution is -0.128. The zero-order valence-electron chi connectivity index (χ0n) is 26.0. The Bertz CT molecular complexity index is 1870. The number of likely N-dealkylation sites (N-methyl/N-ethyl adjacent to an activating group) is 1. The molecule has 2 fully saturated rings. The topological polar surface area (TPSA) is 94.8 Å². The van der Waals surface area contributed by atoms with Gasteiger partial charge in [-0.15, -0.1) is 0 Å². The molecule has 236 valence electrons. The molecule has 3 aliphatic rings. The Kier molecular flexibility index (Phi) is 8.41. The van der Waals surface area contributed by atoms with Gasteiger partial charge in [-0.25, -0.2) is 0 Å². The van der Waals surface area contributed by atoms with Crippen LogP contribution < -0.4 is 14.4 Å². The van der Waals surface area contributed by atoms with Crippen molar-refractivity contribution in [2.45, 2.75) is 44.2 Å². The molecule has 2 saturated heterocycles. The highest BCUT2D eigenvalue weighted by Gasteiger charge is 2.33.